The third-order valence-corrected chi connectivity index (χ3v) is 6.79. The minimum atomic E-state index is -0.506. The Morgan fingerprint density at radius 1 is 1.21 bits per heavy atom. The quantitative estimate of drug-likeness (QED) is 0.159. The van der Waals surface area contributed by atoms with E-state index in [0.29, 0.717) is 38.6 Å². The van der Waals surface area contributed by atoms with Crippen molar-refractivity contribution in [2.24, 2.45) is 0 Å². The molecular weight excluding hydrogens is 542 g/mol. The number of nitrogens with one attached hydrogen (secondary N) is 2. The second-order valence-electron chi connectivity index (χ2n) is 8.62. The van der Waals surface area contributed by atoms with E-state index in [2.05, 4.69) is 15.6 Å². The molecule has 198 valence electrons. The van der Waals surface area contributed by atoms with E-state index in [1.807, 2.05) is 23.1 Å². The lowest BCUT2D eigenvalue weighted by molar-refractivity contribution is -0.384. The number of para-hydroxylation sites is 1. The number of aromatic nitrogens is 1. The summed E-state index contributed by atoms with van der Waals surface area (Å²) >= 11 is 12.3. The Balaban J connectivity index is 1.56. The number of methoxy groups -OCH3 is 1. The summed E-state index contributed by atoms with van der Waals surface area (Å²) in [4.78, 5) is 29.5. The van der Waals surface area contributed by atoms with E-state index < -0.39 is 17.0 Å². The Labute approximate surface area is 233 Å². The number of carbonyl (C=O) groups excluding carboxylic acids is 1. The predicted octanol–water partition coefficient (Wildman–Crippen LogP) is 5.67. The van der Waals surface area contributed by atoms with Crippen molar-refractivity contribution >= 4 is 51.9 Å². The predicted molar refractivity (Wildman–Crippen MR) is 151 cm³/mol. The van der Waals surface area contributed by atoms with Gasteiger partial charge in [-0.2, -0.15) is 0 Å². The first-order valence-electron chi connectivity index (χ1n) is 11.8. The summed E-state index contributed by atoms with van der Waals surface area (Å²) in [5.74, 6) is 0.528. The number of nitro benzene ring substituents is 1. The molecule has 0 spiro atoms. The van der Waals surface area contributed by atoms with Gasteiger partial charge in [0.05, 0.1) is 32.9 Å². The fraction of sp³-hybridized carbons (Fsp3) is 0.148. The highest BCUT2D eigenvalue weighted by Gasteiger charge is 2.43. The molecule has 5 rings (SSSR count). The van der Waals surface area contributed by atoms with Gasteiger partial charge in [0, 0.05) is 25.1 Å². The molecule has 0 unspecified atom stereocenters. The smallest absolute Gasteiger partial charge is 0.280 e. The number of halogens is 1. The van der Waals surface area contributed by atoms with Crippen molar-refractivity contribution in [2.45, 2.75) is 12.1 Å². The number of nitrogens with zero attached hydrogens (tertiary/aromatic N) is 3. The first-order chi connectivity index (χ1) is 18.9. The average molecular weight is 564 g/mol. The Morgan fingerprint density at radius 2 is 2.00 bits per heavy atom. The van der Waals surface area contributed by atoms with Crippen molar-refractivity contribution in [1.29, 1.82) is 0 Å². The Hall–Kier alpha value is -4.32. The van der Waals surface area contributed by atoms with E-state index in [9.17, 15) is 14.9 Å². The molecule has 1 amide bonds. The molecule has 1 fully saturated rings. The average Bonchev–Trinajstić information content (AvgIpc) is 3.55. The maximum atomic E-state index is 12.0. The fourth-order valence-corrected chi connectivity index (χ4v) is 5.06. The van der Waals surface area contributed by atoms with Gasteiger partial charge in [-0.25, -0.2) is 0 Å². The number of anilines is 2. The number of furan rings is 1. The van der Waals surface area contributed by atoms with Gasteiger partial charge in [-0.1, -0.05) is 29.8 Å². The lowest BCUT2D eigenvalue weighted by Crippen LogP contribution is -2.29. The molecule has 0 radical (unpaired) electrons. The summed E-state index contributed by atoms with van der Waals surface area (Å²) in [5.41, 5.74) is 2.10. The normalized spacial score (nSPS) is 16.7. The molecule has 4 aromatic rings. The number of carbonyl (C=O) groups is 1. The van der Waals surface area contributed by atoms with Gasteiger partial charge in [-0.3, -0.25) is 19.9 Å². The summed E-state index contributed by atoms with van der Waals surface area (Å²) in [6, 6.07) is 19.7. The molecule has 0 bridgehead atoms. The molecule has 2 N–H and O–H groups in total. The molecule has 2 aromatic heterocycles. The van der Waals surface area contributed by atoms with Crippen LogP contribution in [-0.4, -0.2) is 34.6 Å². The van der Waals surface area contributed by atoms with Gasteiger partial charge in [0.15, 0.2) is 5.11 Å². The number of hydrogen-bond acceptors (Lipinski definition) is 7. The topological polar surface area (TPSA) is 123 Å². The van der Waals surface area contributed by atoms with Gasteiger partial charge in [0.1, 0.15) is 24.2 Å². The standard InChI is InChI=1S/C27H22ClN5O5S/c1-37-15-24(34)30-19-10-9-16(14-18(19)28)32-26(25(31-27(32)39)20-7-4-5-13-29-20)23-12-11-22(38-23)17-6-2-3-8-21(17)33(35)36/h2-14,25-26H,15H2,1H3,(H,30,34)(H,31,39)/t25-,26-/m1/s1. The summed E-state index contributed by atoms with van der Waals surface area (Å²) in [6.45, 7) is -0.105. The monoisotopic (exact) mass is 563 g/mol. The molecule has 12 heteroatoms. The zero-order valence-corrected chi connectivity index (χ0v) is 22.1. The highest BCUT2D eigenvalue weighted by Crippen LogP contribution is 2.44. The van der Waals surface area contributed by atoms with E-state index in [0.717, 1.165) is 5.69 Å². The number of pyridine rings is 1. The summed E-state index contributed by atoms with van der Waals surface area (Å²) in [6.07, 6.45) is 1.69. The van der Waals surface area contributed by atoms with Crippen LogP contribution in [0.5, 0.6) is 0 Å². The Bertz CT molecular complexity index is 1550. The number of nitro groups is 1. The van der Waals surface area contributed by atoms with Gasteiger partial charge < -0.3 is 24.7 Å². The molecular formula is C27H22ClN5O5S. The van der Waals surface area contributed by atoms with E-state index in [1.54, 1.807) is 54.7 Å². The van der Waals surface area contributed by atoms with Crippen LogP contribution in [0.25, 0.3) is 11.3 Å². The summed E-state index contributed by atoms with van der Waals surface area (Å²) in [5, 5.41) is 18.4. The third-order valence-electron chi connectivity index (χ3n) is 6.16. The number of rotatable bonds is 8. The number of thiocarbonyl (C=S) groups is 1. The van der Waals surface area contributed by atoms with Crippen LogP contribution in [0, 0.1) is 10.1 Å². The van der Waals surface area contributed by atoms with Gasteiger partial charge in [0.2, 0.25) is 5.91 Å². The molecule has 0 aliphatic carbocycles. The molecule has 2 atom stereocenters. The van der Waals surface area contributed by atoms with Crippen LogP contribution in [0.4, 0.5) is 17.1 Å². The Morgan fingerprint density at radius 3 is 2.72 bits per heavy atom. The van der Waals surface area contributed by atoms with E-state index >= 15 is 0 Å². The van der Waals surface area contributed by atoms with Crippen LogP contribution in [-0.2, 0) is 9.53 Å². The van der Waals surface area contributed by atoms with Crippen LogP contribution in [0.1, 0.15) is 23.5 Å². The number of benzene rings is 2. The first-order valence-corrected chi connectivity index (χ1v) is 12.6. The largest absolute Gasteiger partial charge is 0.459 e. The van der Waals surface area contributed by atoms with Gasteiger partial charge in [-0.15, -0.1) is 0 Å². The second kappa shape index (κ2) is 11.2. The molecule has 39 heavy (non-hydrogen) atoms. The molecule has 1 aliphatic rings. The SMILES string of the molecule is COCC(=O)Nc1ccc(N2C(=S)N[C@H](c3ccccn3)[C@H]2c2ccc(-c3ccccc3[N+](=O)[O-])o2)cc1Cl. The van der Waals surface area contributed by atoms with Crippen molar-refractivity contribution in [3.05, 3.63) is 106 Å². The summed E-state index contributed by atoms with van der Waals surface area (Å²) < 4.78 is 11.1. The van der Waals surface area contributed by atoms with Gasteiger partial charge in [-0.05, 0) is 60.7 Å². The third kappa shape index (κ3) is 5.32. The lowest BCUT2D eigenvalue weighted by atomic mass is 10.0. The molecule has 3 heterocycles. The van der Waals surface area contributed by atoms with E-state index in [-0.39, 0.29) is 18.2 Å². The maximum absolute atomic E-state index is 12.0. The second-order valence-corrected chi connectivity index (χ2v) is 9.41. The fourth-order valence-electron chi connectivity index (χ4n) is 4.49. The number of amides is 1. The van der Waals surface area contributed by atoms with Crippen molar-refractivity contribution < 1.29 is 18.9 Å². The molecule has 0 saturated carbocycles. The van der Waals surface area contributed by atoms with Crippen LogP contribution < -0.4 is 15.5 Å². The van der Waals surface area contributed by atoms with Crippen LogP contribution >= 0.6 is 23.8 Å². The highest BCUT2D eigenvalue weighted by molar-refractivity contribution is 7.80. The number of hydrogen-bond donors (Lipinski definition) is 2. The van der Waals surface area contributed by atoms with Crippen LogP contribution in [0.15, 0.2) is 83.4 Å². The molecule has 1 aliphatic heterocycles. The molecule has 1 saturated heterocycles. The van der Waals surface area contributed by atoms with E-state index in [4.69, 9.17) is 33.0 Å². The zero-order valence-electron chi connectivity index (χ0n) is 20.5. The van der Waals surface area contributed by atoms with Gasteiger partial charge in [0.25, 0.3) is 5.69 Å². The van der Waals surface area contributed by atoms with Crippen molar-refractivity contribution in [3.8, 4) is 11.3 Å². The number of ether oxygens (including phenoxy) is 1. The van der Waals surface area contributed by atoms with Gasteiger partial charge >= 0.3 is 0 Å². The van der Waals surface area contributed by atoms with Crippen molar-refractivity contribution in [2.75, 3.05) is 23.9 Å². The molecule has 10 nitrogen and oxygen atoms in total. The lowest BCUT2D eigenvalue weighted by Gasteiger charge is -2.26. The highest BCUT2D eigenvalue weighted by atomic mass is 35.5. The van der Waals surface area contributed by atoms with Crippen molar-refractivity contribution in [3.63, 3.8) is 0 Å². The zero-order chi connectivity index (χ0) is 27.5. The summed E-state index contributed by atoms with van der Waals surface area (Å²) in [7, 11) is 1.43. The maximum Gasteiger partial charge on any atom is 0.280 e. The minimum Gasteiger partial charge on any atom is -0.459 e. The van der Waals surface area contributed by atoms with E-state index in [1.165, 1.54) is 13.2 Å². The Kier molecular flexibility index (Phi) is 7.55. The van der Waals surface area contributed by atoms with Crippen LogP contribution in [0.3, 0.4) is 0 Å². The molecule has 2 aromatic carbocycles. The minimum absolute atomic E-state index is 0.0607. The van der Waals surface area contributed by atoms with Crippen molar-refractivity contribution in [1.82, 2.24) is 10.3 Å². The first kappa shape index (κ1) is 26.3. The van der Waals surface area contributed by atoms with Crippen LogP contribution in [0.2, 0.25) is 5.02 Å².